The molecular formula is C35H40F2O. The van der Waals surface area contributed by atoms with Crippen LogP contribution in [0.4, 0.5) is 8.78 Å². The Bertz CT molecular complexity index is 1230. The number of hydrogen-bond donors (Lipinski definition) is 0. The van der Waals surface area contributed by atoms with Crippen molar-refractivity contribution >= 4 is 5.57 Å². The monoisotopic (exact) mass is 514 g/mol. The molecule has 200 valence electrons. The predicted molar refractivity (Wildman–Crippen MR) is 156 cm³/mol. The number of rotatable bonds is 13. The van der Waals surface area contributed by atoms with Crippen molar-refractivity contribution in [1.82, 2.24) is 0 Å². The molecule has 1 atom stereocenters. The highest BCUT2D eigenvalue weighted by Crippen LogP contribution is 2.36. The molecule has 0 N–H and O–H groups in total. The van der Waals surface area contributed by atoms with Crippen molar-refractivity contribution in [3.63, 3.8) is 0 Å². The second-order valence-corrected chi connectivity index (χ2v) is 10.4. The van der Waals surface area contributed by atoms with Gasteiger partial charge in [-0.1, -0.05) is 137 Å². The van der Waals surface area contributed by atoms with Gasteiger partial charge in [0.05, 0.1) is 5.60 Å². The fourth-order valence-corrected chi connectivity index (χ4v) is 5.27. The highest BCUT2D eigenvalue weighted by atomic mass is 19.2. The highest BCUT2D eigenvalue weighted by Gasteiger charge is 2.29. The molecule has 0 aromatic heterocycles. The molecule has 0 saturated carbocycles. The first-order valence-corrected chi connectivity index (χ1v) is 14.2. The van der Waals surface area contributed by atoms with Gasteiger partial charge < -0.3 is 4.74 Å². The zero-order valence-corrected chi connectivity index (χ0v) is 22.8. The summed E-state index contributed by atoms with van der Waals surface area (Å²) < 4.78 is 37.0. The van der Waals surface area contributed by atoms with Crippen LogP contribution in [0.5, 0.6) is 0 Å². The molecule has 4 rings (SSSR count). The fraction of sp³-hybridized carbons (Fsp3) is 0.371. The first kappa shape index (κ1) is 28.0. The van der Waals surface area contributed by atoms with E-state index in [1.54, 1.807) is 12.1 Å². The van der Waals surface area contributed by atoms with E-state index in [1.165, 1.54) is 32.1 Å². The zero-order chi connectivity index (χ0) is 26.8. The average Bonchev–Trinajstić information content (AvgIpc) is 2.95. The van der Waals surface area contributed by atoms with Crippen LogP contribution in [0.15, 0.2) is 85.0 Å². The van der Waals surface area contributed by atoms with Gasteiger partial charge in [0, 0.05) is 17.7 Å². The third-order valence-corrected chi connectivity index (χ3v) is 7.49. The number of ether oxygens (including phenoxy) is 1. The summed E-state index contributed by atoms with van der Waals surface area (Å²) in [5.41, 5.74) is 3.72. The van der Waals surface area contributed by atoms with Gasteiger partial charge in [0.1, 0.15) is 0 Å². The molecule has 0 saturated heterocycles. The van der Waals surface area contributed by atoms with Crippen LogP contribution >= 0.6 is 0 Å². The summed E-state index contributed by atoms with van der Waals surface area (Å²) in [6.07, 6.45) is 15.9. The Kier molecular flexibility index (Phi) is 10.1. The van der Waals surface area contributed by atoms with Gasteiger partial charge in [-0.3, -0.25) is 0 Å². The maximum atomic E-state index is 15.3. The lowest BCUT2D eigenvalue weighted by molar-refractivity contribution is -0.0153. The van der Waals surface area contributed by atoms with Gasteiger partial charge in [-0.25, -0.2) is 8.78 Å². The average molecular weight is 515 g/mol. The smallest absolute Gasteiger partial charge is 0.167 e. The predicted octanol–water partition coefficient (Wildman–Crippen LogP) is 10.6. The van der Waals surface area contributed by atoms with Crippen LogP contribution in [0.25, 0.3) is 27.8 Å². The molecule has 3 heteroatoms. The lowest BCUT2D eigenvalue weighted by Gasteiger charge is -2.32. The Morgan fingerprint density at radius 2 is 1.32 bits per heavy atom. The summed E-state index contributed by atoms with van der Waals surface area (Å²) in [7, 11) is 0. The quantitative estimate of drug-likeness (QED) is 0.206. The van der Waals surface area contributed by atoms with E-state index in [9.17, 15) is 0 Å². The molecule has 1 nitrogen and oxygen atoms in total. The second kappa shape index (κ2) is 13.7. The van der Waals surface area contributed by atoms with Gasteiger partial charge in [-0.15, -0.1) is 0 Å². The Morgan fingerprint density at radius 1 is 0.684 bits per heavy atom. The zero-order valence-electron chi connectivity index (χ0n) is 22.8. The molecule has 38 heavy (non-hydrogen) atoms. The second-order valence-electron chi connectivity index (χ2n) is 10.4. The van der Waals surface area contributed by atoms with Crippen LogP contribution in [0.2, 0.25) is 0 Å². The maximum absolute atomic E-state index is 15.3. The first-order valence-electron chi connectivity index (χ1n) is 14.2. The standard InChI is InChI=1S/C35H40F2O/c1-3-5-6-7-8-12-26-38-35(23-4-2)24-21-30(22-25-35)32-20-19-31(33(36)34(32)37)29-17-15-28(16-18-29)27-13-10-9-11-14-27/h9-11,13-22,24H,3-8,12,23,25-26H2,1-2H3. The fourth-order valence-electron chi connectivity index (χ4n) is 5.27. The molecule has 1 unspecified atom stereocenters. The summed E-state index contributed by atoms with van der Waals surface area (Å²) in [6.45, 7) is 5.12. The SMILES string of the molecule is CCCCCCCCOC1(CCC)C=CC(c2ccc(-c3ccc(-c4ccccc4)cc3)c(F)c2F)=CC1. The molecule has 3 aromatic carbocycles. The summed E-state index contributed by atoms with van der Waals surface area (Å²) in [4.78, 5) is 0. The van der Waals surface area contributed by atoms with Gasteiger partial charge in [-0.05, 0) is 41.5 Å². The van der Waals surface area contributed by atoms with E-state index in [0.29, 0.717) is 23.1 Å². The Morgan fingerprint density at radius 3 is 2.00 bits per heavy atom. The molecule has 0 aliphatic heterocycles. The third-order valence-electron chi connectivity index (χ3n) is 7.49. The number of hydrogen-bond acceptors (Lipinski definition) is 1. The Hall–Kier alpha value is -3.04. The van der Waals surface area contributed by atoms with E-state index >= 15 is 8.78 Å². The van der Waals surface area contributed by atoms with Crippen LogP contribution in [0.3, 0.4) is 0 Å². The van der Waals surface area contributed by atoms with E-state index in [2.05, 4.69) is 19.9 Å². The van der Waals surface area contributed by atoms with Crippen molar-refractivity contribution in [3.8, 4) is 22.3 Å². The maximum Gasteiger partial charge on any atom is 0.167 e. The van der Waals surface area contributed by atoms with Crippen molar-refractivity contribution in [2.24, 2.45) is 0 Å². The summed E-state index contributed by atoms with van der Waals surface area (Å²) in [5, 5.41) is 0. The number of benzene rings is 3. The highest BCUT2D eigenvalue weighted by molar-refractivity contribution is 5.78. The molecule has 0 heterocycles. The lowest BCUT2D eigenvalue weighted by Crippen LogP contribution is -2.31. The minimum atomic E-state index is -0.811. The summed E-state index contributed by atoms with van der Waals surface area (Å²) >= 11 is 0. The molecule has 0 amide bonds. The van der Waals surface area contributed by atoms with E-state index < -0.39 is 11.6 Å². The van der Waals surface area contributed by atoms with E-state index in [1.807, 2.05) is 66.7 Å². The number of allylic oxidation sites excluding steroid dienone is 2. The lowest BCUT2D eigenvalue weighted by atomic mass is 9.85. The largest absolute Gasteiger partial charge is 0.371 e. The topological polar surface area (TPSA) is 9.23 Å². The molecule has 0 spiro atoms. The van der Waals surface area contributed by atoms with Gasteiger partial charge >= 0.3 is 0 Å². The molecule has 1 aliphatic carbocycles. The van der Waals surface area contributed by atoms with Crippen LogP contribution in [-0.4, -0.2) is 12.2 Å². The van der Waals surface area contributed by atoms with Gasteiger partial charge in [0.25, 0.3) is 0 Å². The normalized spacial score (nSPS) is 17.0. The van der Waals surface area contributed by atoms with E-state index in [0.717, 1.165) is 37.0 Å². The van der Waals surface area contributed by atoms with Crippen molar-refractivity contribution in [1.29, 1.82) is 0 Å². The molecular weight excluding hydrogens is 474 g/mol. The van der Waals surface area contributed by atoms with Crippen molar-refractivity contribution < 1.29 is 13.5 Å². The summed E-state index contributed by atoms with van der Waals surface area (Å²) in [6, 6.07) is 21.0. The van der Waals surface area contributed by atoms with Crippen LogP contribution < -0.4 is 0 Å². The van der Waals surface area contributed by atoms with E-state index in [4.69, 9.17) is 4.74 Å². The molecule has 0 bridgehead atoms. The molecule has 3 aromatic rings. The Balaban J connectivity index is 1.43. The Labute approximate surface area is 227 Å². The van der Waals surface area contributed by atoms with E-state index in [-0.39, 0.29) is 11.2 Å². The summed E-state index contributed by atoms with van der Waals surface area (Å²) in [5.74, 6) is -1.62. The minimum Gasteiger partial charge on any atom is -0.371 e. The van der Waals surface area contributed by atoms with Gasteiger partial charge in [0.15, 0.2) is 11.6 Å². The van der Waals surface area contributed by atoms with Crippen molar-refractivity contribution in [3.05, 3.63) is 102 Å². The molecule has 0 radical (unpaired) electrons. The first-order chi connectivity index (χ1) is 18.6. The van der Waals surface area contributed by atoms with Crippen molar-refractivity contribution in [2.45, 2.75) is 77.2 Å². The van der Waals surface area contributed by atoms with Crippen LogP contribution in [0, 0.1) is 11.6 Å². The van der Waals surface area contributed by atoms with Crippen LogP contribution in [0.1, 0.15) is 77.2 Å². The van der Waals surface area contributed by atoms with Gasteiger partial charge in [-0.2, -0.15) is 0 Å². The third kappa shape index (κ3) is 6.88. The van der Waals surface area contributed by atoms with Crippen molar-refractivity contribution in [2.75, 3.05) is 6.61 Å². The molecule has 0 fully saturated rings. The molecule has 1 aliphatic rings. The number of halogens is 2. The number of unbranched alkanes of at least 4 members (excludes halogenated alkanes) is 5. The van der Waals surface area contributed by atoms with Crippen LogP contribution in [-0.2, 0) is 4.74 Å². The van der Waals surface area contributed by atoms with Gasteiger partial charge in [0.2, 0.25) is 0 Å². The minimum absolute atomic E-state index is 0.272.